The number of nitrogens with zero attached hydrogens (tertiary/aromatic N) is 2. The van der Waals surface area contributed by atoms with Gasteiger partial charge in [0.25, 0.3) is 10.0 Å². The predicted octanol–water partition coefficient (Wildman–Crippen LogP) is 3.73. The number of sulfonamides is 1. The van der Waals surface area contributed by atoms with Crippen LogP contribution < -0.4 is 4.72 Å². The summed E-state index contributed by atoms with van der Waals surface area (Å²) in [5.41, 5.74) is 3.72. The average molecular weight is 364 g/mol. The van der Waals surface area contributed by atoms with Crippen LogP contribution >= 0.6 is 0 Å². The van der Waals surface area contributed by atoms with Crippen LogP contribution in [0.1, 0.15) is 5.56 Å². The highest BCUT2D eigenvalue weighted by Crippen LogP contribution is 2.26. The van der Waals surface area contributed by atoms with E-state index >= 15 is 0 Å². The van der Waals surface area contributed by atoms with Crippen molar-refractivity contribution in [3.63, 3.8) is 0 Å². The van der Waals surface area contributed by atoms with Crippen molar-refractivity contribution in [1.29, 1.82) is 0 Å². The molecule has 0 atom stereocenters. The highest BCUT2D eigenvalue weighted by atomic mass is 32.2. The molecule has 26 heavy (non-hydrogen) atoms. The lowest BCUT2D eigenvalue weighted by atomic mass is 10.1. The van der Waals surface area contributed by atoms with Gasteiger partial charge in [0.2, 0.25) is 0 Å². The zero-order valence-electron chi connectivity index (χ0n) is 14.0. The fourth-order valence-corrected chi connectivity index (χ4v) is 3.90. The molecule has 7 heteroatoms. The summed E-state index contributed by atoms with van der Waals surface area (Å²) in [7, 11) is -3.69. The van der Waals surface area contributed by atoms with Crippen molar-refractivity contribution < 1.29 is 8.42 Å². The van der Waals surface area contributed by atoms with Gasteiger partial charge >= 0.3 is 0 Å². The van der Waals surface area contributed by atoms with Gasteiger partial charge < -0.3 is 0 Å². The van der Waals surface area contributed by atoms with Gasteiger partial charge in [0.1, 0.15) is 0 Å². The second kappa shape index (κ2) is 6.27. The molecular weight excluding hydrogens is 348 g/mol. The molecule has 0 unspecified atom stereocenters. The summed E-state index contributed by atoms with van der Waals surface area (Å²) in [6.45, 7) is 1.86. The Morgan fingerprint density at radius 1 is 0.962 bits per heavy atom. The number of aryl methyl sites for hydroxylation is 1. The Morgan fingerprint density at radius 2 is 1.81 bits per heavy atom. The van der Waals surface area contributed by atoms with E-state index in [-0.39, 0.29) is 4.90 Å². The first kappa shape index (κ1) is 16.3. The molecule has 0 fully saturated rings. The number of rotatable bonds is 4. The van der Waals surface area contributed by atoms with Crippen LogP contribution in [-0.2, 0) is 10.0 Å². The van der Waals surface area contributed by atoms with E-state index in [1.807, 2.05) is 31.2 Å². The lowest BCUT2D eigenvalue weighted by molar-refractivity contribution is 0.601. The van der Waals surface area contributed by atoms with Crippen molar-refractivity contribution in [2.24, 2.45) is 0 Å². The maximum atomic E-state index is 12.8. The number of fused-ring (bicyclic) bond motifs is 1. The molecule has 0 saturated heterocycles. The number of aromatic amines is 1. The summed E-state index contributed by atoms with van der Waals surface area (Å²) in [5.74, 6) is 0. The van der Waals surface area contributed by atoms with Crippen LogP contribution in [0.5, 0.6) is 0 Å². The number of pyridine rings is 1. The maximum Gasteiger partial charge on any atom is 0.261 e. The average Bonchev–Trinajstić information content (AvgIpc) is 3.11. The molecule has 0 aliphatic heterocycles. The van der Waals surface area contributed by atoms with Gasteiger partial charge in [0, 0.05) is 17.1 Å². The molecular formula is C19H16N4O2S. The first-order chi connectivity index (χ1) is 12.5. The number of anilines is 1. The van der Waals surface area contributed by atoms with Gasteiger partial charge in [-0.3, -0.25) is 9.82 Å². The molecule has 0 bridgehead atoms. The number of benzene rings is 2. The Labute approximate surface area is 151 Å². The van der Waals surface area contributed by atoms with Crippen molar-refractivity contribution in [3.8, 4) is 11.1 Å². The second-order valence-corrected chi connectivity index (χ2v) is 7.66. The van der Waals surface area contributed by atoms with Gasteiger partial charge in [-0.25, -0.2) is 13.4 Å². The number of hydrogen-bond acceptors (Lipinski definition) is 4. The highest BCUT2D eigenvalue weighted by molar-refractivity contribution is 7.92. The Bertz CT molecular complexity index is 1200. The van der Waals surface area contributed by atoms with Gasteiger partial charge in [-0.05, 0) is 42.3 Å². The van der Waals surface area contributed by atoms with Crippen LogP contribution in [0.15, 0.2) is 71.9 Å². The largest absolute Gasteiger partial charge is 0.279 e. The van der Waals surface area contributed by atoms with Crippen LogP contribution in [0.4, 0.5) is 5.69 Å². The van der Waals surface area contributed by atoms with Crippen LogP contribution in [0, 0.1) is 6.92 Å². The molecule has 0 spiro atoms. The first-order valence-corrected chi connectivity index (χ1v) is 9.49. The summed E-state index contributed by atoms with van der Waals surface area (Å²) in [6.07, 6.45) is 3.38. The molecule has 4 rings (SSSR count). The third-order valence-corrected chi connectivity index (χ3v) is 5.52. The Balaban J connectivity index is 1.71. The summed E-state index contributed by atoms with van der Waals surface area (Å²) >= 11 is 0. The predicted molar refractivity (Wildman–Crippen MR) is 101 cm³/mol. The molecule has 6 nitrogen and oxygen atoms in total. The van der Waals surface area contributed by atoms with E-state index < -0.39 is 10.0 Å². The Kier molecular flexibility index (Phi) is 3.93. The van der Waals surface area contributed by atoms with Crippen molar-refractivity contribution in [3.05, 3.63) is 72.6 Å². The van der Waals surface area contributed by atoms with Crippen LogP contribution in [0.2, 0.25) is 0 Å². The molecule has 2 N–H and O–H groups in total. The van der Waals surface area contributed by atoms with Crippen molar-refractivity contribution in [1.82, 2.24) is 15.2 Å². The summed E-state index contributed by atoms with van der Waals surface area (Å²) < 4.78 is 28.2. The fraction of sp³-hybridized carbons (Fsp3) is 0.0526. The zero-order chi connectivity index (χ0) is 18.1. The normalized spacial score (nSPS) is 11.6. The van der Waals surface area contributed by atoms with Crippen molar-refractivity contribution in [2.45, 2.75) is 11.8 Å². The van der Waals surface area contributed by atoms with Gasteiger partial charge in [-0.1, -0.05) is 30.3 Å². The molecule has 2 aromatic carbocycles. The Hall–Kier alpha value is -3.19. The number of nitrogens with one attached hydrogen (secondary N) is 2. The molecule has 2 heterocycles. The second-order valence-electron chi connectivity index (χ2n) is 5.98. The molecule has 0 saturated carbocycles. The van der Waals surface area contributed by atoms with E-state index in [0.717, 1.165) is 22.1 Å². The molecule has 0 aliphatic rings. The third kappa shape index (κ3) is 3.04. The van der Waals surface area contributed by atoms with Gasteiger partial charge in [-0.15, -0.1) is 0 Å². The van der Waals surface area contributed by atoms with Crippen molar-refractivity contribution >= 4 is 26.7 Å². The number of hydrogen-bond donors (Lipinski definition) is 2. The molecule has 2 aromatic heterocycles. The van der Waals surface area contributed by atoms with E-state index in [1.165, 1.54) is 0 Å². The lowest BCUT2D eigenvalue weighted by Crippen LogP contribution is -2.13. The smallest absolute Gasteiger partial charge is 0.261 e. The standard InChI is InChI=1S/C19H16N4O2S/c1-13-5-2-3-8-18(13)23-26(24,25)17-7-4-6-14(10-17)15-9-16-12-21-22-19(16)20-11-15/h2-12,23H,1H3,(H,20,21,22). The number of aromatic nitrogens is 3. The summed E-state index contributed by atoms with van der Waals surface area (Å²) in [4.78, 5) is 4.51. The number of H-pyrrole nitrogens is 1. The minimum atomic E-state index is -3.69. The number of para-hydroxylation sites is 1. The van der Waals surface area contributed by atoms with Crippen LogP contribution in [0.3, 0.4) is 0 Å². The Morgan fingerprint density at radius 3 is 2.65 bits per heavy atom. The van der Waals surface area contributed by atoms with E-state index in [2.05, 4.69) is 19.9 Å². The third-order valence-electron chi connectivity index (χ3n) is 4.16. The SMILES string of the molecule is Cc1ccccc1NS(=O)(=O)c1cccc(-c2cnc3[nH]ncc3c2)c1. The quantitative estimate of drug-likeness (QED) is 0.577. The monoisotopic (exact) mass is 364 g/mol. The van der Waals surface area contributed by atoms with E-state index in [1.54, 1.807) is 42.7 Å². The summed E-state index contributed by atoms with van der Waals surface area (Å²) in [6, 6.07) is 16.0. The first-order valence-electron chi connectivity index (χ1n) is 8.01. The molecule has 0 radical (unpaired) electrons. The molecule has 4 aromatic rings. The van der Waals surface area contributed by atoms with Crippen LogP contribution in [0.25, 0.3) is 22.2 Å². The van der Waals surface area contributed by atoms with E-state index in [4.69, 9.17) is 0 Å². The maximum absolute atomic E-state index is 12.8. The van der Waals surface area contributed by atoms with Gasteiger partial charge in [0.15, 0.2) is 5.65 Å². The topological polar surface area (TPSA) is 87.7 Å². The van der Waals surface area contributed by atoms with E-state index in [9.17, 15) is 8.42 Å². The van der Waals surface area contributed by atoms with E-state index in [0.29, 0.717) is 11.3 Å². The summed E-state index contributed by atoms with van der Waals surface area (Å²) in [5, 5.41) is 7.62. The van der Waals surface area contributed by atoms with Crippen molar-refractivity contribution in [2.75, 3.05) is 4.72 Å². The lowest BCUT2D eigenvalue weighted by Gasteiger charge is -2.11. The molecule has 0 aliphatic carbocycles. The van der Waals surface area contributed by atoms with Gasteiger partial charge in [0.05, 0.1) is 16.8 Å². The van der Waals surface area contributed by atoms with Gasteiger partial charge in [-0.2, -0.15) is 5.10 Å². The minimum absolute atomic E-state index is 0.200. The minimum Gasteiger partial charge on any atom is -0.279 e. The molecule has 130 valence electrons. The highest BCUT2D eigenvalue weighted by Gasteiger charge is 2.16. The molecule has 0 amide bonds. The van der Waals surface area contributed by atoms with Crippen LogP contribution in [-0.4, -0.2) is 23.6 Å². The zero-order valence-corrected chi connectivity index (χ0v) is 14.8. The fourth-order valence-electron chi connectivity index (χ4n) is 2.73.